The minimum Gasteiger partial charge on any atom is -0.319 e. The monoisotopic (exact) mass is 442 g/mol. The molecule has 160 valence electrons. The first kappa shape index (κ1) is 20.8. The van der Waals surface area contributed by atoms with Crippen LogP contribution in [0.5, 0.6) is 0 Å². The molecule has 2 aromatic rings. The minimum atomic E-state index is -1.30. The number of anilines is 1. The SMILES string of the molecule is CC1(c2ccc(Cl)cc2)NC(=O)N(CC(=O)N2CCCc3cc([N+](=O)[O-])ccc32)C1=O. The van der Waals surface area contributed by atoms with Crippen molar-refractivity contribution < 1.29 is 19.3 Å². The molecule has 4 rings (SSSR count). The van der Waals surface area contributed by atoms with Crippen molar-refractivity contribution in [1.82, 2.24) is 10.2 Å². The van der Waals surface area contributed by atoms with Gasteiger partial charge in [-0.25, -0.2) is 4.79 Å². The van der Waals surface area contributed by atoms with Crippen LogP contribution in [0, 0.1) is 10.1 Å². The molecule has 0 radical (unpaired) electrons. The lowest BCUT2D eigenvalue weighted by Crippen LogP contribution is -2.46. The Balaban J connectivity index is 1.56. The van der Waals surface area contributed by atoms with Gasteiger partial charge in [0.05, 0.1) is 4.92 Å². The van der Waals surface area contributed by atoms with Crippen LogP contribution < -0.4 is 10.2 Å². The van der Waals surface area contributed by atoms with Crippen molar-refractivity contribution in [3.63, 3.8) is 0 Å². The topological polar surface area (TPSA) is 113 Å². The Labute approximate surface area is 182 Å². The third-order valence-corrected chi connectivity index (χ3v) is 5.94. The lowest BCUT2D eigenvalue weighted by molar-refractivity contribution is -0.384. The van der Waals surface area contributed by atoms with E-state index in [9.17, 15) is 24.5 Å². The largest absolute Gasteiger partial charge is 0.325 e. The van der Waals surface area contributed by atoms with Crippen molar-refractivity contribution >= 4 is 40.8 Å². The van der Waals surface area contributed by atoms with Gasteiger partial charge in [0.2, 0.25) is 5.91 Å². The fraction of sp³-hybridized carbons (Fsp3) is 0.286. The van der Waals surface area contributed by atoms with Gasteiger partial charge in [-0.2, -0.15) is 0 Å². The average Bonchev–Trinajstić information content (AvgIpc) is 2.97. The quantitative estimate of drug-likeness (QED) is 0.444. The summed E-state index contributed by atoms with van der Waals surface area (Å²) < 4.78 is 0. The maximum absolute atomic E-state index is 13.1. The Morgan fingerprint density at radius 3 is 2.61 bits per heavy atom. The summed E-state index contributed by atoms with van der Waals surface area (Å²) >= 11 is 5.91. The number of urea groups is 1. The summed E-state index contributed by atoms with van der Waals surface area (Å²) in [6.45, 7) is 1.56. The number of halogens is 1. The Morgan fingerprint density at radius 1 is 1.23 bits per heavy atom. The van der Waals surface area contributed by atoms with Crippen LogP contribution in [-0.4, -0.2) is 40.8 Å². The van der Waals surface area contributed by atoms with E-state index in [-0.39, 0.29) is 5.69 Å². The van der Waals surface area contributed by atoms with Gasteiger partial charge in [-0.1, -0.05) is 23.7 Å². The predicted octanol–water partition coefficient (Wildman–Crippen LogP) is 2.99. The van der Waals surface area contributed by atoms with Crippen LogP contribution in [0.25, 0.3) is 0 Å². The maximum Gasteiger partial charge on any atom is 0.325 e. The second kappa shape index (κ2) is 7.66. The number of nitro groups is 1. The van der Waals surface area contributed by atoms with Crippen LogP contribution in [0.3, 0.4) is 0 Å². The van der Waals surface area contributed by atoms with Crippen molar-refractivity contribution in [3.8, 4) is 0 Å². The molecule has 1 fully saturated rings. The number of benzene rings is 2. The Hall–Kier alpha value is -3.46. The molecule has 0 aliphatic carbocycles. The molecule has 2 heterocycles. The van der Waals surface area contributed by atoms with E-state index in [1.807, 2.05) is 0 Å². The van der Waals surface area contributed by atoms with Gasteiger partial charge in [0, 0.05) is 29.4 Å². The number of carbonyl (C=O) groups is 3. The molecule has 4 amide bonds. The van der Waals surface area contributed by atoms with Crippen LogP contribution in [-0.2, 0) is 21.5 Å². The highest BCUT2D eigenvalue weighted by molar-refractivity contribution is 6.30. The van der Waals surface area contributed by atoms with Gasteiger partial charge in [-0.05, 0) is 49.1 Å². The molecular formula is C21H19ClN4O5. The molecule has 2 aliphatic heterocycles. The van der Waals surface area contributed by atoms with Crippen molar-refractivity contribution in [3.05, 3.63) is 68.7 Å². The first-order valence-electron chi connectivity index (χ1n) is 9.68. The van der Waals surface area contributed by atoms with Crippen LogP contribution in [0.2, 0.25) is 5.02 Å². The number of non-ortho nitro benzene ring substituents is 1. The van der Waals surface area contributed by atoms with Crippen LogP contribution in [0.15, 0.2) is 42.5 Å². The van der Waals surface area contributed by atoms with Crippen LogP contribution in [0.4, 0.5) is 16.2 Å². The van der Waals surface area contributed by atoms with E-state index in [1.54, 1.807) is 31.2 Å². The van der Waals surface area contributed by atoms with Gasteiger partial charge >= 0.3 is 6.03 Å². The lowest BCUT2D eigenvalue weighted by atomic mass is 9.92. The normalized spacial score (nSPS) is 20.5. The molecule has 1 saturated heterocycles. The number of aryl methyl sites for hydroxylation is 1. The Morgan fingerprint density at radius 2 is 1.94 bits per heavy atom. The zero-order chi connectivity index (χ0) is 22.3. The van der Waals surface area contributed by atoms with Gasteiger partial charge < -0.3 is 10.2 Å². The van der Waals surface area contributed by atoms with E-state index in [4.69, 9.17) is 11.6 Å². The lowest BCUT2D eigenvalue weighted by Gasteiger charge is -2.30. The molecule has 0 bridgehead atoms. The van der Waals surface area contributed by atoms with E-state index in [2.05, 4.69) is 5.32 Å². The number of carbonyl (C=O) groups excluding carboxylic acids is 3. The van der Waals surface area contributed by atoms with E-state index >= 15 is 0 Å². The number of nitrogens with one attached hydrogen (secondary N) is 1. The standard InChI is InChI=1S/C21H19ClN4O5/c1-21(14-4-6-15(22)7-5-14)19(28)25(20(29)23-21)12-18(27)24-10-2-3-13-11-16(26(30)31)8-9-17(13)24/h4-9,11H,2-3,10,12H2,1H3,(H,23,29). The van der Waals surface area contributed by atoms with Gasteiger partial charge in [0.25, 0.3) is 11.6 Å². The molecule has 2 aromatic carbocycles. The number of hydrogen-bond donors (Lipinski definition) is 1. The summed E-state index contributed by atoms with van der Waals surface area (Å²) in [5, 5.41) is 14.2. The summed E-state index contributed by atoms with van der Waals surface area (Å²) in [6.07, 6.45) is 1.24. The second-order valence-corrected chi connectivity index (χ2v) is 8.11. The maximum atomic E-state index is 13.1. The first-order chi connectivity index (χ1) is 14.7. The molecule has 0 spiro atoms. The van der Waals surface area contributed by atoms with Gasteiger partial charge in [-0.15, -0.1) is 0 Å². The zero-order valence-corrected chi connectivity index (χ0v) is 17.4. The number of imide groups is 1. The molecule has 1 unspecified atom stereocenters. The Bertz CT molecular complexity index is 1100. The second-order valence-electron chi connectivity index (χ2n) is 7.67. The number of nitro benzene ring substituents is 1. The van der Waals surface area contributed by atoms with Gasteiger partial charge in [-0.3, -0.25) is 24.6 Å². The fourth-order valence-corrected chi connectivity index (χ4v) is 4.12. The van der Waals surface area contributed by atoms with Crippen molar-refractivity contribution in [2.75, 3.05) is 18.0 Å². The smallest absolute Gasteiger partial charge is 0.319 e. The molecule has 0 aromatic heterocycles. The molecule has 1 N–H and O–H groups in total. The highest BCUT2D eigenvalue weighted by Gasteiger charge is 2.49. The number of fused-ring (bicyclic) bond motifs is 1. The summed E-state index contributed by atoms with van der Waals surface area (Å²) in [5.74, 6) is -0.965. The number of amides is 4. The van der Waals surface area contributed by atoms with Gasteiger partial charge in [0.1, 0.15) is 12.1 Å². The Kier molecular flexibility index (Phi) is 5.14. The third kappa shape index (κ3) is 3.61. The van der Waals surface area contributed by atoms with E-state index in [0.717, 1.165) is 4.90 Å². The molecule has 10 heteroatoms. The van der Waals surface area contributed by atoms with E-state index < -0.39 is 34.9 Å². The molecule has 31 heavy (non-hydrogen) atoms. The van der Waals surface area contributed by atoms with Crippen molar-refractivity contribution in [2.24, 2.45) is 0 Å². The first-order valence-corrected chi connectivity index (χ1v) is 10.1. The number of hydrogen-bond acceptors (Lipinski definition) is 5. The summed E-state index contributed by atoms with van der Waals surface area (Å²) in [7, 11) is 0. The van der Waals surface area contributed by atoms with Crippen molar-refractivity contribution in [2.45, 2.75) is 25.3 Å². The van der Waals surface area contributed by atoms with Crippen LogP contribution in [0.1, 0.15) is 24.5 Å². The average molecular weight is 443 g/mol. The summed E-state index contributed by atoms with van der Waals surface area (Å²) in [5.41, 5.74) is 0.468. The molecule has 9 nitrogen and oxygen atoms in total. The highest BCUT2D eigenvalue weighted by atomic mass is 35.5. The van der Waals surface area contributed by atoms with E-state index in [1.165, 1.54) is 23.1 Å². The molecule has 1 atom stereocenters. The minimum absolute atomic E-state index is 0.0409. The summed E-state index contributed by atoms with van der Waals surface area (Å²) in [4.78, 5) is 51.6. The third-order valence-electron chi connectivity index (χ3n) is 5.68. The van der Waals surface area contributed by atoms with E-state index in [0.29, 0.717) is 41.2 Å². The number of nitrogens with zero attached hydrogens (tertiary/aromatic N) is 3. The molecule has 2 aliphatic rings. The van der Waals surface area contributed by atoms with Crippen LogP contribution >= 0.6 is 11.6 Å². The fourth-order valence-electron chi connectivity index (χ4n) is 4.00. The van der Waals surface area contributed by atoms with Gasteiger partial charge in [0.15, 0.2) is 0 Å². The molecular weight excluding hydrogens is 424 g/mol. The highest BCUT2D eigenvalue weighted by Crippen LogP contribution is 2.32. The molecule has 0 saturated carbocycles. The number of rotatable bonds is 4. The summed E-state index contributed by atoms with van der Waals surface area (Å²) in [6, 6.07) is 10.2. The van der Waals surface area contributed by atoms with Crippen molar-refractivity contribution in [1.29, 1.82) is 0 Å². The predicted molar refractivity (Wildman–Crippen MR) is 113 cm³/mol. The zero-order valence-electron chi connectivity index (χ0n) is 16.6.